The van der Waals surface area contributed by atoms with Crippen molar-refractivity contribution in [2.45, 2.75) is 19.0 Å². The van der Waals surface area contributed by atoms with Gasteiger partial charge in [0.15, 0.2) is 11.0 Å². The fourth-order valence-corrected chi connectivity index (χ4v) is 2.69. The number of halogens is 4. The minimum absolute atomic E-state index is 0.102. The van der Waals surface area contributed by atoms with Gasteiger partial charge in [-0.3, -0.25) is 9.59 Å². The molecule has 0 aliphatic heterocycles. The van der Waals surface area contributed by atoms with Crippen LogP contribution < -0.4 is 10.8 Å². The molecule has 2 N–H and O–H groups in total. The largest absolute Gasteiger partial charge is 0.510 e. The Bertz CT molecular complexity index is 1190. The fourth-order valence-electron chi connectivity index (χ4n) is 2.69. The number of alkyl halides is 3. The first-order chi connectivity index (χ1) is 13.1. The summed E-state index contributed by atoms with van der Waals surface area (Å²) in [5.74, 6) is -2.93. The van der Waals surface area contributed by atoms with E-state index in [0.29, 0.717) is 12.1 Å². The number of aliphatic carboxylic acids is 1. The Balaban J connectivity index is 2.27. The molecule has 0 atom stereocenters. The van der Waals surface area contributed by atoms with Crippen molar-refractivity contribution in [3.8, 4) is 11.1 Å². The van der Waals surface area contributed by atoms with Crippen molar-refractivity contribution >= 4 is 17.4 Å². The maximum Gasteiger partial charge on any atom is 0.416 e. The second-order valence-corrected chi connectivity index (χ2v) is 5.83. The minimum atomic E-state index is -4.80. The third kappa shape index (κ3) is 3.63. The average molecular weight is 397 g/mol. The van der Waals surface area contributed by atoms with Crippen LogP contribution in [0.15, 0.2) is 35.4 Å². The Morgan fingerprint density at radius 1 is 1.11 bits per heavy atom. The van der Waals surface area contributed by atoms with Gasteiger partial charge >= 0.3 is 12.1 Å². The number of nitrogens with zero attached hydrogens (tertiary/aromatic N) is 3. The van der Waals surface area contributed by atoms with Gasteiger partial charge in [-0.25, -0.2) is 13.9 Å². The van der Waals surface area contributed by atoms with Crippen LogP contribution in [0.5, 0.6) is 0 Å². The van der Waals surface area contributed by atoms with E-state index >= 15 is 0 Å². The zero-order chi connectivity index (χ0) is 20.6. The van der Waals surface area contributed by atoms with E-state index in [4.69, 9.17) is 5.11 Å². The predicted molar refractivity (Wildman–Crippen MR) is 87.8 cm³/mol. The van der Waals surface area contributed by atoms with E-state index in [-0.39, 0.29) is 28.5 Å². The second kappa shape index (κ2) is 6.91. The van der Waals surface area contributed by atoms with E-state index < -0.39 is 41.1 Å². The molecule has 28 heavy (non-hydrogen) atoms. The molecule has 146 valence electrons. The van der Waals surface area contributed by atoms with E-state index in [1.54, 1.807) is 0 Å². The molecule has 7 nitrogen and oxygen atoms in total. The summed E-state index contributed by atoms with van der Waals surface area (Å²) < 4.78 is 53.5. The standard InChI is InChI=1S/C17H11F4N3O4/c18-10-4-8(3-9(5-10)17(19,20)21)11-6-13(26)15(12(25)1-2-14(27)28)24-16(11)22-7-23-24/h3-7,25H,1-2H2,(H,27,28)/b15-12-. The number of benzene rings is 1. The van der Waals surface area contributed by atoms with Crippen LogP contribution in [0.4, 0.5) is 17.6 Å². The van der Waals surface area contributed by atoms with Gasteiger partial charge in [-0.15, -0.1) is 0 Å². The summed E-state index contributed by atoms with van der Waals surface area (Å²) in [5.41, 5.74) is -2.56. The highest BCUT2D eigenvalue weighted by Crippen LogP contribution is 2.33. The molecule has 3 rings (SSSR count). The van der Waals surface area contributed by atoms with Crippen LogP contribution >= 0.6 is 0 Å². The Morgan fingerprint density at radius 2 is 1.82 bits per heavy atom. The lowest BCUT2D eigenvalue weighted by atomic mass is 10.0. The zero-order valence-electron chi connectivity index (χ0n) is 13.9. The Morgan fingerprint density at radius 3 is 2.46 bits per heavy atom. The number of hydrogen-bond acceptors (Lipinski definition) is 5. The van der Waals surface area contributed by atoms with Crippen LogP contribution in [0.2, 0.25) is 0 Å². The molecular weight excluding hydrogens is 386 g/mol. The number of pyridine rings is 1. The van der Waals surface area contributed by atoms with Gasteiger partial charge in [0.25, 0.3) is 0 Å². The number of fused-ring (bicyclic) bond motifs is 1. The first kappa shape index (κ1) is 19.3. The van der Waals surface area contributed by atoms with E-state index in [9.17, 15) is 32.3 Å². The molecule has 0 saturated heterocycles. The van der Waals surface area contributed by atoms with E-state index in [1.165, 1.54) is 0 Å². The molecule has 0 aliphatic carbocycles. The topological polar surface area (TPSA) is 105 Å². The molecule has 1 aromatic carbocycles. The SMILES string of the molecule is O=C(O)CC/C(O)=c1\c(=O)cc(-c2cc(F)cc(C(F)(F)F)c2)c2ncnn12. The maximum atomic E-state index is 13.7. The van der Waals surface area contributed by atoms with Gasteiger partial charge in [0.05, 0.1) is 12.0 Å². The summed E-state index contributed by atoms with van der Waals surface area (Å²) in [4.78, 5) is 27.0. The van der Waals surface area contributed by atoms with Crippen molar-refractivity contribution in [2.24, 2.45) is 0 Å². The highest BCUT2D eigenvalue weighted by molar-refractivity contribution is 5.77. The third-order valence-electron chi connectivity index (χ3n) is 3.89. The molecule has 2 aromatic heterocycles. The van der Waals surface area contributed by atoms with Crippen molar-refractivity contribution in [1.29, 1.82) is 0 Å². The summed E-state index contributed by atoms with van der Waals surface area (Å²) in [6, 6.07) is 2.69. The number of carboxylic acid groups (broad SMARTS) is 1. The fraction of sp³-hybridized carbons (Fsp3) is 0.176. The molecule has 3 aromatic rings. The van der Waals surface area contributed by atoms with E-state index in [1.807, 2.05) is 0 Å². The molecular formula is C17H11F4N3O4. The lowest BCUT2D eigenvalue weighted by molar-refractivity contribution is -0.138. The van der Waals surface area contributed by atoms with Gasteiger partial charge in [-0.1, -0.05) is 0 Å². The molecule has 0 bridgehead atoms. The van der Waals surface area contributed by atoms with Crippen molar-refractivity contribution in [3.63, 3.8) is 0 Å². The molecule has 0 amide bonds. The summed E-state index contributed by atoms with van der Waals surface area (Å²) in [5, 5.41) is 22.2. The smallest absolute Gasteiger partial charge is 0.416 e. The normalized spacial score (nSPS) is 13.0. The van der Waals surface area contributed by atoms with Gasteiger partial charge in [-0.2, -0.15) is 18.3 Å². The van der Waals surface area contributed by atoms with Gasteiger partial charge in [0, 0.05) is 12.0 Å². The van der Waals surface area contributed by atoms with E-state index in [2.05, 4.69) is 10.1 Å². The molecule has 0 aliphatic rings. The van der Waals surface area contributed by atoms with Crippen LogP contribution in [0.3, 0.4) is 0 Å². The number of rotatable bonds is 4. The number of aliphatic hydroxyl groups excluding tert-OH is 1. The average Bonchev–Trinajstić information content (AvgIpc) is 3.06. The van der Waals surface area contributed by atoms with Crippen LogP contribution in [0.25, 0.3) is 22.5 Å². The first-order valence-corrected chi connectivity index (χ1v) is 7.77. The zero-order valence-corrected chi connectivity index (χ0v) is 13.9. The van der Waals surface area contributed by atoms with Gasteiger partial charge in [0.1, 0.15) is 17.9 Å². The lowest BCUT2D eigenvalue weighted by Crippen LogP contribution is -2.34. The third-order valence-corrected chi connectivity index (χ3v) is 3.89. The van der Waals surface area contributed by atoms with Crippen molar-refractivity contribution in [1.82, 2.24) is 14.6 Å². The van der Waals surface area contributed by atoms with Crippen LogP contribution in [0, 0.1) is 5.82 Å². The van der Waals surface area contributed by atoms with Gasteiger partial charge in [-0.05, 0) is 29.8 Å². The minimum Gasteiger partial charge on any atom is -0.510 e. The molecule has 2 heterocycles. The number of carbonyl (C=O) groups is 1. The highest BCUT2D eigenvalue weighted by atomic mass is 19.4. The number of aromatic nitrogens is 3. The highest BCUT2D eigenvalue weighted by Gasteiger charge is 2.31. The van der Waals surface area contributed by atoms with E-state index in [0.717, 1.165) is 23.0 Å². The van der Waals surface area contributed by atoms with Crippen LogP contribution in [-0.2, 0) is 11.0 Å². The Kier molecular flexibility index (Phi) is 4.75. The van der Waals surface area contributed by atoms with Crippen LogP contribution in [-0.4, -0.2) is 30.8 Å². The number of hydrogen-bond donors (Lipinski definition) is 2. The molecule has 0 fully saturated rings. The second-order valence-electron chi connectivity index (χ2n) is 5.83. The predicted octanol–water partition coefficient (Wildman–Crippen LogP) is 2.16. The summed E-state index contributed by atoms with van der Waals surface area (Å²) >= 11 is 0. The van der Waals surface area contributed by atoms with Crippen molar-refractivity contribution in [3.05, 3.63) is 57.5 Å². The maximum absolute atomic E-state index is 13.7. The molecule has 0 spiro atoms. The Hall–Kier alpha value is -3.50. The summed E-state index contributed by atoms with van der Waals surface area (Å²) in [6.07, 6.45) is -4.63. The first-order valence-electron chi connectivity index (χ1n) is 7.77. The quantitative estimate of drug-likeness (QED) is 0.654. The van der Waals surface area contributed by atoms with Crippen molar-refractivity contribution < 1.29 is 32.6 Å². The molecule has 0 radical (unpaired) electrons. The molecule has 0 saturated carbocycles. The number of carboxylic acids is 1. The summed E-state index contributed by atoms with van der Waals surface area (Å²) in [6.45, 7) is 0. The number of aliphatic hydroxyl groups is 1. The van der Waals surface area contributed by atoms with Gasteiger partial charge in [0.2, 0.25) is 5.43 Å². The lowest BCUT2D eigenvalue weighted by Gasteiger charge is -2.10. The van der Waals surface area contributed by atoms with Gasteiger partial charge < -0.3 is 10.2 Å². The van der Waals surface area contributed by atoms with Crippen LogP contribution in [0.1, 0.15) is 18.4 Å². The molecule has 0 unspecified atom stereocenters. The summed E-state index contributed by atoms with van der Waals surface area (Å²) in [7, 11) is 0. The molecule has 11 heteroatoms. The monoisotopic (exact) mass is 397 g/mol. The van der Waals surface area contributed by atoms with Crippen molar-refractivity contribution in [2.75, 3.05) is 0 Å². The Labute approximate surface area is 153 Å².